The topological polar surface area (TPSA) is 29.3 Å². The first-order chi connectivity index (χ1) is 8.28. The molecule has 0 aromatic heterocycles. The Kier molecular flexibility index (Phi) is 5.21. The lowest BCUT2D eigenvalue weighted by Crippen LogP contribution is -2.31. The van der Waals surface area contributed by atoms with Gasteiger partial charge in [-0.3, -0.25) is 0 Å². The van der Waals surface area contributed by atoms with Crippen molar-refractivity contribution in [1.29, 1.82) is 0 Å². The van der Waals surface area contributed by atoms with Crippen LogP contribution in [0.5, 0.6) is 0 Å². The van der Waals surface area contributed by atoms with Crippen LogP contribution in [0.15, 0.2) is 24.3 Å². The van der Waals surface area contributed by atoms with Gasteiger partial charge in [0.2, 0.25) is 0 Å². The number of hydrogen-bond acceptors (Lipinski definition) is 2. The molecule has 0 bridgehead atoms. The first-order valence-corrected chi connectivity index (χ1v) is 6.81. The molecule has 1 atom stereocenters. The van der Waals surface area contributed by atoms with E-state index in [1.807, 2.05) is 0 Å². The van der Waals surface area contributed by atoms with Gasteiger partial charge in [0.1, 0.15) is 0 Å². The third-order valence-corrected chi connectivity index (χ3v) is 3.18. The Bertz CT molecular complexity index is 348. The molecule has 0 amide bonds. The van der Waals surface area contributed by atoms with Crippen molar-refractivity contribution in [3.05, 3.63) is 29.8 Å². The summed E-state index contributed by atoms with van der Waals surface area (Å²) in [4.78, 5) is 2.28. The quantitative estimate of drug-likeness (QED) is 0.863. The number of anilines is 1. The van der Waals surface area contributed by atoms with E-state index in [0.29, 0.717) is 5.41 Å². The molecule has 0 saturated heterocycles. The predicted octanol–water partition coefficient (Wildman–Crippen LogP) is 3.58. The van der Waals surface area contributed by atoms with E-state index in [0.717, 1.165) is 19.4 Å². The maximum atomic E-state index is 6.18. The Morgan fingerprint density at radius 3 is 2.22 bits per heavy atom. The lowest BCUT2D eigenvalue weighted by atomic mass is 9.87. The van der Waals surface area contributed by atoms with Gasteiger partial charge in [0.25, 0.3) is 0 Å². The largest absolute Gasteiger partial charge is 0.375 e. The van der Waals surface area contributed by atoms with E-state index in [2.05, 4.69) is 63.9 Å². The zero-order chi connectivity index (χ0) is 13.8. The Labute approximate surface area is 112 Å². The fraction of sp³-hybridized carbons (Fsp3) is 0.625. The van der Waals surface area contributed by atoms with Crippen LogP contribution in [0.2, 0.25) is 0 Å². The van der Waals surface area contributed by atoms with Gasteiger partial charge in [0, 0.05) is 25.3 Å². The van der Waals surface area contributed by atoms with Crippen molar-refractivity contribution in [3.63, 3.8) is 0 Å². The Hall–Kier alpha value is -1.02. The lowest BCUT2D eigenvalue weighted by molar-refractivity contribution is 0.332. The number of nitrogens with zero attached hydrogens (tertiary/aromatic N) is 1. The summed E-state index contributed by atoms with van der Waals surface area (Å²) in [5.41, 5.74) is 9.07. The summed E-state index contributed by atoms with van der Waals surface area (Å²) in [7, 11) is 2.13. The fourth-order valence-corrected chi connectivity index (χ4v) is 2.18. The van der Waals surface area contributed by atoms with Gasteiger partial charge >= 0.3 is 0 Å². The Morgan fingerprint density at radius 1 is 1.17 bits per heavy atom. The second kappa shape index (κ2) is 6.24. The van der Waals surface area contributed by atoms with Gasteiger partial charge in [0.15, 0.2) is 0 Å². The van der Waals surface area contributed by atoms with E-state index >= 15 is 0 Å². The summed E-state index contributed by atoms with van der Waals surface area (Å²) >= 11 is 0. The zero-order valence-electron chi connectivity index (χ0n) is 12.5. The van der Waals surface area contributed by atoms with E-state index in [4.69, 9.17) is 5.73 Å². The highest BCUT2D eigenvalue weighted by Crippen LogP contribution is 2.21. The molecule has 18 heavy (non-hydrogen) atoms. The minimum absolute atomic E-state index is 0.290. The first kappa shape index (κ1) is 15.0. The van der Waals surface area contributed by atoms with Crippen LogP contribution >= 0.6 is 0 Å². The number of hydrogen-bond donors (Lipinski definition) is 1. The van der Waals surface area contributed by atoms with E-state index < -0.39 is 0 Å². The van der Waals surface area contributed by atoms with Gasteiger partial charge in [-0.05, 0) is 37.3 Å². The predicted molar refractivity (Wildman–Crippen MR) is 81.1 cm³/mol. The highest BCUT2D eigenvalue weighted by Gasteiger charge is 2.15. The van der Waals surface area contributed by atoms with Gasteiger partial charge in [0.05, 0.1) is 0 Å². The maximum Gasteiger partial charge on any atom is 0.0363 e. The third-order valence-electron chi connectivity index (χ3n) is 3.18. The molecule has 0 saturated carbocycles. The molecule has 0 fully saturated rings. The van der Waals surface area contributed by atoms with Crippen molar-refractivity contribution in [2.75, 3.05) is 18.5 Å². The molecule has 0 aliphatic heterocycles. The maximum absolute atomic E-state index is 6.18. The van der Waals surface area contributed by atoms with Crippen molar-refractivity contribution in [1.82, 2.24) is 0 Å². The van der Waals surface area contributed by atoms with Crippen LogP contribution in [0.4, 0.5) is 5.69 Å². The van der Waals surface area contributed by atoms with Crippen LogP contribution in [0.25, 0.3) is 0 Å². The lowest BCUT2D eigenvalue weighted by Gasteiger charge is -2.26. The summed E-state index contributed by atoms with van der Waals surface area (Å²) in [6.07, 6.45) is 2.12. The van der Waals surface area contributed by atoms with E-state index in [1.165, 1.54) is 11.3 Å². The number of nitrogens with two attached hydrogens (primary N) is 1. The van der Waals surface area contributed by atoms with Crippen LogP contribution in [0, 0.1) is 12.3 Å². The van der Waals surface area contributed by atoms with Crippen molar-refractivity contribution >= 4 is 5.69 Å². The SMILES string of the molecule is Cc1ccc(N(C)CCC(N)CC(C)(C)C)cc1. The molecule has 0 aliphatic carbocycles. The molecule has 2 N–H and O–H groups in total. The van der Waals surface area contributed by atoms with Gasteiger partial charge in [-0.1, -0.05) is 38.5 Å². The summed E-state index contributed by atoms with van der Waals surface area (Å²) in [6.45, 7) is 9.87. The second-order valence-electron chi connectivity index (χ2n) is 6.57. The molecule has 1 aromatic carbocycles. The molecular formula is C16H28N2. The average molecular weight is 248 g/mol. The number of aryl methyl sites for hydroxylation is 1. The minimum atomic E-state index is 0.290. The fourth-order valence-electron chi connectivity index (χ4n) is 2.18. The highest BCUT2D eigenvalue weighted by atomic mass is 15.1. The summed E-state index contributed by atoms with van der Waals surface area (Å²) < 4.78 is 0. The van der Waals surface area contributed by atoms with Gasteiger partial charge < -0.3 is 10.6 Å². The number of rotatable bonds is 5. The minimum Gasteiger partial charge on any atom is -0.375 e. The monoisotopic (exact) mass is 248 g/mol. The standard InChI is InChI=1S/C16H28N2/c1-13-6-8-15(9-7-13)18(5)11-10-14(17)12-16(2,3)4/h6-9,14H,10-12,17H2,1-5H3. The van der Waals surface area contributed by atoms with Crippen LogP contribution in [-0.2, 0) is 0 Å². The normalized spacial score (nSPS) is 13.4. The molecule has 0 aliphatic rings. The third kappa shape index (κ3) is 5.54. The second-order valence-corrected chi connectivity index (χ2v) is 6.57. The molecule has 1 aromatic rings. The van der Waals surface area contributed by atoms with Crippen molar-refractivity contribution < 1.29 is 0 Å². The van der Waals surface area contributed by atoms with E-state index in [1.54, 1.807) is 0 Å². The summed E-state index contributed by atoms with van der Waals surface area (Å²) in [5.74, 6) is 0. The molecule has 2 nitrogen and oxygen atoms in total. The molecule has 0 radical (unpaired) electrons. The number of benzene rings is 1. The van der Waals surface area contributed by atoms with Gasteiger partial charge in [-0.25, -0.2) is 0 Å². The van der Waals surface area contributed by atoms with Crippen LogP contribution < -0.4 is 10.6 Å². The van der Waals surface area contributed by atoms with Crippen LogP contribution in [0.3, 0.4) is 0 Å². The van der Waals surface area contributed by atoms with Crippen molar-refractivity contribution in [2.45, 2.75) is 46.6 Å². The molecule has 102 valence electrons. The molecule has 0 spiro atoms. The van der Waals surface area contributed by atoms with E-state index in [-0.39, 0.29) is 6.04 Å². The molecule has 0 heterocycles. The van der Waals surface area contributed by atoms with E-state index in [9.17, 15) is 0 Å². The Balaban J connectivity index is 2.41. The van der Waals surface area contributed by atoms with Crippen LogP contribution in [0.1, 0.15) is 39.2 Å². The smallest absolute Gasteiger partial charge is 0.0363 e. The zero-order valence-corrected chi connectivity index (χ0v) is 12.5. The average Bonchev–Trinajstić information content (AvgIpc) is 2.24. The summed E-state index contributed by atoms with van der Waals surface area (Å²) in [5, 5.41) is 0. The Morgan fingerprint density at radius 2 is 1.72 bits per heavy atom. The van der Waals surface area contributed by atoms with Gasteiger partial charge in [-0.15, -0.1) is 0 Å². The first-order valence-electron chi connectivity index (χ1n) is 6.81. The molecular weight excluding hydrogens is 220 g/mol. The van der Waals surface area contributed by atoms with Crippen LogP contribution in [-0.4, -0.2) is 19.6 Å². The van der Waals surface area contributed by atoms with Gasteiger partial charge in [-0.2, -0.15) is 0 Å². The summed E-state index contributed by atoms with van der Waals surface area (Å²) in [6, 6.07) is 8.94. The van der Waals surface area contributed by atoms with Crippen molar-refractivity contribution in [2.24, 2.45) is 11.1 Å². The molecule has 1 rings (SSSR count). The molecule has 1 unspecified atom stereocenters. The molecule has 2 heteroatoms. The van der Waals surface area contributed by atoms with Crippen molar-refractivity contribution in [3.8, 4) is 0 Å². The highest BCUT2D eigenvalue weighted by molar-refractivity contribution is 5.46.